The lowest BCUT2D eigenvalue weighted by Gasteiger charge is -2.42. The van der Waals surface area contributed by atoms with Crippen LogP contribution in [0.4, 0.5) is 11.5 Å². The molecular weight excluding hydrogens is 284 g/mol. The summed E-state index contributed by atoms with van der Waals surface area (Å²) in [4.78, 5) is 16.6. The number of hydrogen-bond acceptors (Lipinski definition) is 6. The second-order valence-corrected chi connectivity index (χ2v) is 5.57. The molecule has 1 fully saturated rings. The molecule has 2 rings (SSSR count). The molecule has 120 valence electrons. The topological polar surface area (TPSA) is 121 Å². The Balaban J connectivity index is 2.24. The molecule has 0 radical (unpaired) electrons. The first-order chi connectivity index (χ1) is 10.5. The van der Waals surface area contributed by atoms with Crippen LogP contribution in [0.25, 0.3) is 0 Å². The number of nitro groups is 1. The first-order valence-corrected chi connectivity index (χ1v) is 7.43. The fourth-order valence-electron chi connectivity index (χ4n) is 2.94. The summed E-state index contributed by atoms with van der Waals surface area (Å²) in [5.41, 5.74) is 5.14. The second kappa shape index (κ2) is 6.69. The number of anilines is 1. The summed E-state index contributed by atoms with van der Waals surface area (Å²) in [7, 11) is 0. The summed E-state index contributed by atoms with van der Waals surface area (Å²) in [6, 6.07) is 3.02. The van der Waals surface area contributed by atoms with E-state index in [4.69, 9.17) is 11.1 Å². The van der Waals surface area contributed by atoms with Crippen LogP contribution in [0.3, 0.4) is 0 Å². The van der Waals surface area contributed by atoms with Gasteiger partial charge in [0.2, 0.25) is 0 Å². The second-order valence-electron chi connectivity index (χ2n) is 5.57. The minimum atomic E-state index is -0.472. The maximum Gasteiger partial charge on any atom is 0.287 e. The molecule has 1 saturated heterocycles. The van der Waals surface area contributed by atoms with Gasteiger partial charge in [0.25, 0.3) is 5.69 Å². The minimum Gasteiger partial charge on any atom is -0.388 e. The van der Waals surface area contributed by atoms with E-state index >= 15 is 0 Å². The summed E-state index contributed by atoms with van der Waals surface area (Å²) in [5.74, 6) is 0.670. The SMILES string of the molecule is CCC(CC(=N)N)(Nc1ccc([N+](=O)[O-])cn1)N1CCCC1. The van der Waals surface area contributed by atoms with E-state index in [2.05, 4.69) is 15.2 Å². The number of nitrogens with zero attached hydrogens (tertiary/aromatic N) is 3. The molecule has 1 aromatic heterocycles. The van der Waals surface area contributed by atoms with E-state index in [0.717, 1.165) is 32.4 Å². The third-order valence-corrected chi connectivity index (χ3v) is 4.10. The Labute approximate surface area is 129 Å². The zero-order valence-electron chi connectivity index (χ0n) is 12.7. The van der Waals surface area contributed by atoms with Crippen molar-refractivity contribution in [2.75, 3.05) is 18.4 Å². The Morgan fingerprint density at radius 2 is 2.23 bits per heavy atom. The number of hydrogen-bond donors (Lipinski definition) is 3. The average molecular weight is 306 g/mol. The van der Waals surface area contributed by atoms with E-state index in [9.17, 15) is 10.1 Å². The molecule has 22 heavy (non-hydrogen) atoms. The van der Waals surface area contributed by atoms with Crippen LogP contribution in [0, 0.1) is 15.5 Å². The highest BCUT2D eigenvalue weighted by Gasteiger charge is 2.37. The van der Waals surface area contributed by atoms with E-state index in [1.54, 1.807) is 6.07 Å². The molecule has 0 bridgehead atoms. The van der Waals surface area contributed by atoms with Gasteiger partial charge in [0.15, 0.2) is 0 Å². The molecule has 1 atom stereocenters. The van der Waals surface area contributed by atoms with Crippen LogP contribution in [-0.2, 0) is 0 Å². The van der Waals surface area contributed by atoms with Gasteiger partial charge in [-0.1, -0.05) is 6.92 Å². The van der Waals surface area contributed by atoms with Crippen LogP contribution < -0.4 is 11.1 Å². The first-order valence-electron chi connectivity index (χ1n) is 7.43. The summed E-state index contributed by atoms with van der Waals surface area (Å²) in [6.07, 6.45) is 4.62. The van der Waals surface area contributed by atoms with Gasteiger partial charge in [-0.25, -0.2) is 4.98 Å². The largest absolute Gasteiger partial charge is 0.388 e. The fourth-order valence-corrected chi connectivity index (χ4v) is 2.94. The molecule has 8 heteroatoms. The third kappa shape index (κ3) is 3.51. The monoisotopic (exact) mass is 306 g/mol. The molecular formula is C14H22N6O2. The first kappa shape index (κ1) is 16.2. The van der Waals surface area contributed by atoms with Gasteiger partial charge in [0.1, 0.15) is 12.0 Å². The number of nitrogens with two attached hydrogens (primary N) is 1. The predicted molar refractivity (Wildman–Crippen MR) is 84.9 cm³/mol. The van der Waals surface area contributed by atoms with Crippen molar-refractivity contribution in [3.8, 4) is 0 Å². The molecule has 1 aromatic rings. The van der Waals surface area contributed by atoms with Crippen molar-refractivity contribution in [2.24, 2.45) is 5.73 Å². The van der Waals surface area contributed by atoms with E-state index < -0.39 is 10.6 Å². The summed E-state index contributed by atoms with van der Waals surface area (Å²) < 4.78 is 0. The summed E-state index contributed by atoms with van der Waals surface area (Å²) in [6.45, 7) is 3.93. The van der Waals surface area contributed by atoms with E-state index in [-0.39, 0.29) is 11.5 Å². The van der Waals surface area contributed by atoms with Gasteiger partial charge in [0, 0.05) is 25.6 Å². The smallest absolute Gasteiger partial charge is 0.287 e. The van der Waals surface area contributed by atoms with Gasteiger partial charge >= 0.3 is 0 Å². The number of aromatic nitrogens is 1. The molecule has 1 aliphatic heterocycles. The molecule has 0 aromatic carbocycles. The number of pyridine rings is 1. The Kier molecular flexibility index (Phi) is 4.92. The number of amidine groups is 1. The maximum absolute atomic E-state index is 10.7. The van der Waals surface area contributed by atoms with Crippen LogP contribution >= 0.6 is 0 Å². The number of nitrogens with one attached hydrogen (secondary N) is 2. The molecule has 0 amide bonds. The van der Waals surface area contributed by atoms with Gasteiger partial charge in [-0.05, 0) is 25.3 Å². The standard InChI is InChI=1S/C14H22N6O2/c1-2-14(9-12(15)16,19-7-3-4-8-19)18-13-6-5-11(10-17-13)20(21)22/h5-6,10H,2-4,7-9H2,1H3,(H3,15,16)(H,17,18). The van der Waals surface area contributed by atoms with Crippen LogP contribution in [0.2, 0.25) is 0 Å². The predicted octanol–water partition coefficient (Wildman–Crippen LogP) is 1.93. The average Bonchev–Trinajstić information content (AvgIpc) is 3.01. The van der Waals surface area contributed by atoms with Crippen molar-refractivity contribution in [3.05, 3.63) is 28.4 Å². The summed E-state index contributed by atoms with van der Waals surface area (Å²) in [5, 5.41) is 21.7. The van der Waals surface area contributed by atoms with Crippen molar-refractivity contribution < 1.29 is 4.92 Å². The lowest BCUT2D eigenvalue weighted by Crippen LogP contribution is -2.55. The lowest BCUT2D eigenvalue weighted by atomic mass is 9.99. The highest BCUT2D eigenvalue weighted by Crippen LogP contribution is 2.29. The molecule has 2 heterocycles. The number of rotatable bonds is 7. The van der Waals surface area contributed by atoms with Crippen molar-refractivity contribution in [1.82, 2.24) is 9.88 Å². The molecule has 8 nitrogen and oxygen atoms in total. The van der Waals surface area contributed by atoms with Crippen LogP contribution in [-0.4, -0.2) is 39.4 Å². The van der Waals surface area contributed by atoms with E-state index in [1.807, 2.05) is 6.92 Å². The quantitative estimate of drug-likeness (QED) is 0.306. The number of likely N-dealkylation sites (tertiary alicyclic amines) is 1. The van der Waals surface area contributed by atoms with Crippen molar-refractivity contribution in [1.29, 1.82) is 5.41 Å². The Hall–Kier alpha value is -2.22. The van der Waals surface area contributed by atoms with Crippen molar-refractivity contribution in [2.45, 2.75) is 38.3 Å². The Bertz CT molecular complexity index is 541. The van der Waals surface area contributed by atoms with Gasteiger partial charge in [-0.2, -0.15) is 0 Å². The molecule has 0 aliphatic carbocycles. The van der Waals surface area contributed by atoms with Crippen LogP contribution in [0.5, 0.6) is 0 Å². The Morgan fingerprint density at radius 1 is 1.55 bits per heavy atom. The molecule has 0 saturated carbocycles. The Morgan fingerprint density at radius 3 is 2.68 bits per heavy atom. The van der Waals surface area contributed by atoms with Gasteiger partial charge in [-0.15, -0.1) is 0 Å². The zero-order chi connectivity index (χ0) is 16.2. The van der Waals surface area contributed by atoms with Gasteiger partial charge in [-0.3, -0.25) is 20.4 Å². The van der Waals surface area contributed by atoms with Gasteiger partial charge in [0.05, 0.1) is 16.4 Å². The molecule has 0 spiro atoms. The highest BCUT2D eigenvalue weighted by atomic mass is 16.6. The van der Waals surface area contributed by atoms with Crippen LogP contribution in [0.1, 0.15) is 32.6 Å². The third-order valence-electron chi connectivity index (χ3n) is 4.10. The lowest BCUT2D eigenvalue weighted by molar-refractivity contribution is -0.385. The summed E-state index contributed by atoms with van der Waals surface area (Å²) >= 11 is 0. The molecule has 1 unspecified atom stereocenters. The van der Waals surface area contributed by atoms with Crippen molar-refractivity contribution in [3.63, 3.8) is 0 Å². The maximum atomic E-state index is 10.7. The van der Waals surface area contributed by atoms with E-state index in [0.29, 0.717) is 12.2 Å². The van der Waals surface area contributed by atoms with Crippen LogP contribution in [0.15, 0.2) is 18.3 Å². The highest BCUT2D eigenvalue weighted by molar-refractivity contribution is 5.78. The molecule has 4 N–H and O–H groups in total. The fraction of sp³-hybridized carbons (Fsp3) is 0.571. The zero-order valence-corrected chi connectivity index (χ0v) is 12.7. The van der Waals surface area contributed by atoms with Crippen molar-refractivity contribution >= 4 is 17.3 Å². The van der Waals surface area contributed by atoms with E-state index in [1.165, 1.54) is 12.3 Å². The normalized spacial score (nSPS) is 17.9. The molecule has 1 aliphatic rings. The van der Waals surface area contributed by atoms with Gasteiger partial charge < -0.3 is 11.1 Å². The minimum absolute atomic E-state index is 0.0413.